The van der Waals surface area contributed by atoms with Crippen LogP contribution in [-0.4, -0.2) is 38.9 Å². The van der Waals surface area contributed by atoms with Gasteiger partial charge in [0.25, 0.3) is 0 Å². The number of unbranched alkanes of at least 4 members (excludes halogenated alkanes) is 29. The van der Waals surface area contributed by atoms with Gasteiger partial charge in [-0.2, -0.15) is 0 Å². The summed E-state index contributed by atoms with van der Waals surface area (Å²) < 4.78 is 0. The van der Waals surface area contributed by atoms with Crippen molar-refractivity contribution in [2.45, 2.75) is 270 Å². The molecule has 0 saturated heterocycles. The third-order valence-corrected chi connectivity index (χ3v) is 10.8. The van der Waals surface area contributed by atoms with Crippen LogP contribution in [-0.2, 0) is 4.79 Å². The van der Waals surface area contributed by atoms with Gasteiger partial charge in [-0.1, -0.05) is 213 Å². The molecule has 0 saturated carbocycles. The Balaban J connectivity index is 4.46. The van der Waals surface area contributed by atoms with Gasteiger partial charge in [0.15, 0.2) is 5.78 Å². The molecule has 2 unspecified atom stereocenters. The lowest BCUT2D eigenvalue weighted by atomic mass is 9.81. The number of rotatable bonds is 40. The Labute approximate surface area is 307 Å². The van der Waals surface area contributed by atoms with Crippen molar-refractivity contribution in [2.24, 2.45) is 0 Å². The molecule has 0 aromatic heterocycles. The van der Waals surface area contributed by atoms with Crippen LogP contribution in [0.25, 0.3) is 0 Å². The lowest BCUT2D eigenvalue weighted by Crippen LogP contribution is -2.51. The number of ketones is 1. The molecule has 0 rings (SSSR count). The molecule has 0 heterocycles. The largest absolute Gasteiger partial charge is 0.387 e. The Morgan fingerprint density at radius 2 is 0.735 bits per heavy atom. The van der Waals surface area contributed by atoms with E-state index in [9.17, 15) is 20.1 Å². The fourth-order valence-electron chi connectivity index (χ4n) is 7.25. The molecule has 0 aromatic rings. The van der Waals surface area contributed by atoms with E-state index < -0.39 is 17.8 Å². The summed E-state index contributed by atoms with van der Waals surface area (Å²) in [5, 5.41) is 33.8. The minimum absolute atomic E-state index is 0.281. The lowest BCUT2D eigenvalue weighted by molar-refractivity contribution is -0.156. The van der Waals surface area contributed by atoms with Crippen molar-refractivity contribution in [2.75, 3.05) is 0 Å². The number of hydrogen-bond donors (Lipinski definition) is 3. The summed E-state index contributed by atoms with van der Waals surface area (Å²) >= 11 is 0. The standard InChI is InChI=1S/C45H88O4/c1-4-7-10-13-16-19-22-23-24-25-26-27-30-33-36-39-42(46)43(47)44(48)45(49,40-37-34-31-28-20-17-14-11-8-5-2)41-38-35-32-29-21-18-15-12-9-6-3/h23-24,43-44,47-49H,4-22,25-41H2,1-3H3/b24-23-. The van der Waals surface area contributed by atoms with Crippen LogP contribution >= 0.6 is 0 Å². The molecule has 0 aliphatic heterocycles. The summed E-state index contributed by atoms with van der Waals surface area (Å²) in [5.74, 6) is -0.310. The maximum Gasteiger partial charge on any atom is 0.164 e. The van der Waals surface area contributed by atoms with Crippen LogP contribution in [0, 0.1) is 0 Å². The number of allylic oxidation sites excluding steroid dienone is 2. The number of aliphatic hydroxyl groups is 3. The maximum absolute atomic E-state index is 12.9. The van der Waals surface area contributed by atoms with E-state index in [0.29, 0.717) is 12.8 Å². The van der Waals surface area contributed by atoms with E-state index in [4.69, 9.17) is 0 Å². The van der Waals surface area contributed by atoms with Gasteiger partial charge in [0, 0.05) is 6.42 Å². The van der Waals surface area contributed by atoms with Crippen LogP contribution in [0.15, 0.2) is 12.2 Å². The molecular formula is C45H88O4. The molecule has 0 aliphatic rings. The quantitative estimate of drug-likeness (QED) is 0.0441. The zero-order valence-electron chi connectivity index (χ0n) is 33.5. The van der Waals surface area contributed by atoms with Gasteiger partial charge in [-0.05, 0) is 44.9 Å². The highest BCUT2D eigenvalue weighted by molar-refractivity contribution is 5.83. The first-order valence-corrected chi connectivity index (χ1v) is 22.2. The van der Waals surface area contributed by atoms with Gasteiger partial charge in [-0.25, -0.2) is 0 Å². The minimum atomic E-state index is -1.49. The third-order valence-electron chi connectivity index (χ3n) is 10.8. The molecule has 0 fully saturated rings. The number of Topliss-reactive ketones (excluding diaryl/α,β-unsaturated/α-hetero) is 1. The SMILES string of the molecule is CCCCCCCC/C=C\CCCCCCCC(=O)C(O)C(O)C(O)(CCCCCCCCCCCC)CCCCCCCCCCCC. The highest BCUT2D eigenvalue weighted by Gasteiger charge is 2.41. The van der Waals surface area contributed by atoms with Gasteiger partial charge >= 0.3 is 0 Å². The zero-order valence-corrected chi connectivity index (χ0v) is 33.5. The molecule has 292 valence electrons. The number of carbonyl (C=O) groups is 1. The van der Waals surface area contributed by atoms with Crippen molar-refractivity contribution in [1.29, 1.82) is 0 Å². The molecule has 2 atom stereocenters. The smallest absolute Gasteiger partial charge is 0.164 e. The van der Waals surface area contributed by atoms with Gasteiger partial charge in [0.1, 0.15) is 12.2 Å². The summed E-state index contributed by atoms with van der Waals surface area (Å²) in [6, 6.07) is 0. The van der Waals surface area contributed by atoms with Gasteiger partial charge in [-0.3, -0.25) is 4.79 Å². The van der Waals surface area contributed by atoms with Crippen molar-refractivity contribution >= 4 is 5.78 Å². The number of aliphatic hydroxyl groups excluding tert-OH is 2. The summed E-state index contributed by atoms with van der Waals surface area (Å²) in [6.07, 6.45) is 42.8. The van der Waals surface area contributed by atoms with Crippen LogP contribution in [0.1, 0.15) is 252 Å². The van der Waals surface area contributed by atoms with E-state index in [-0.39, 0.29) is 12.2 Å². The summed E-state index contributed by atoms with van der Waals surface area (Å²) in [4.78, 5) is 12.9. The second kappa shape index (κ2) is 37.1. The molecule has 0 bridgehead atoms. The minimum Gasteiger partial charge on any atom is -0.387 e. The number of carbonyl (C=O) groups excluding carboxylic acids is 1. The van der Waals surface area contributed by atoms with Crippen molar-refractivity contribution in [1.82, 2.24) is 0 Å². The van der Waals surface area contributed by atoms with E-state index in [1.807, 2.05) is 0 Å². The van der Waals surface area contributed by atoms with Gasteiger partial charge in [0.05, 0.1) is 5.60 Å². The van der Waals surface area contributed by atoms with Crippen molar-refractivity contribution < 1.29 is 20.1 Å². The predicted molar refractivity (Wildman–Crippen MR) is 214 cm³/mol. The topological polar surface area (TPSA) is 77.8 Å². The molecule has 0 aliphatic carbocycles. The van der Waals surface area contributed by atoms with Crippen LogP contribution in [0.2, 0.25) is 0 Å². The molecule has 49 heavy (non-hydrogen) atoms. The summed E-state index contributed by atoms with van der Waals surface area (Å²) in [7, 11) is 0. The molecule has 4 heteroatoms. The normalized spacial score (nSPS) is 13.4. The Bertz CT molecular complexity index is 680. The summed E-state index contributed by atoms with van der Waals surface area (Å²) in [5.41, 5.74) is -1.39. The fourth-order valence-corrected chi connectivity index (χ4v) is 7.25. The van der Waals surface area contributed by atoms with Crippen LogP contribution in [0.3, 0.4) is 0 Å². The molecule has 4 nitrogen and oxygen atoms in total. The molecule has 0 aromatic carbocycles. The Morgan fingerprint density at radius 1 is 0.449 bits per heavy atom. The number of hydrogen-bond acceptors (Lipinski definition) is 4. The van der Waals surface area contributed by atoms with Crippen LogP contribution < -0.4 is 0 Å². The van der Waals surface area contributed by atoms with E-state index in [1.54, 1.807) is 0 Å². The van der Waals surface area contributed by atoms with Crippen molar-refractivity contribution in [3.8, 4) is 0 Å². The van der Waals surface area contributed by atoms with Crippen LogP contribution in [0.5, 0.6) is 0 Å². The molecular weight excluding hydrogens is 604 g/mol. The van der Waals surface area contributed by atoms with E-state index in [1.165, 1.54) is 141 Å². The third kappa shape index (κ3) is 30.6. The highest BCUT2D eigenvalue weighted by atomic mass is 16.4. The Kier molecular flexibility index (Phi) is 36.5. The fraction of sp³-hybridized carbons (Fsp3) is 0.933. The van der Waals surface area contributed by atoms with E-state index in [0.717, 1.165) is 70.6 Å². The van der Waals surface area contributed by atoms with E-state index in [2.05, 4.69) is 32.9 Å². The lowest BCUT2D eigenvalue weighted by Gasteiger charge is -2.35. The molecule has 0 radical (unpaired) electrons. The molecule has 3 N–H and O–H groups in total. The van der Waals surface area contributed by atoms with Crippen LogP contribution in [0.4, 0.5) is 0 Å². The molecule has 0 spiro atoms. The van der Waals surface area contributed by atoms with Gasteiger partial charge in [-0.15, -0.1) is 0 Å². The zero-order chi connectivity index (χ0) is 36.1. The van der Waals surface area contributed by atoms with Gasteiger partial charge in [0.2, 0.25) is 0 Å². The monoisotopic (exact) mass is 693 g/mol. The average Bonchev–Trinajstić information content (AvgIpc) is 3.10. The Morgan fingerprint density at radius 3 is 1.08 bits per heavy atom. The van der Waals surface area contributed by atoms with Crippen molar-refractivity contribution in [3.63, 3.8) is 0 Å². The van der Waals surface area contributed by atoms with Crippen molar-refractivity contribution in [3.05, 3.63) is 12.2 Å². The Hall–Kier alpha value is -0.710. The second-order valence-electron chi connectivity index (χ2n) is 15.7. The summed E-state index contributed by atoms with van der Waals surface area (Å²) in [6.45, 7) is 6.77. The highest BCUT2D eigenvalue weighted by Crippen LogP contribution is 2.29. The first kappa shape index (κ1) is 48.3. The maximum atomic E-state index is 12.9. The van der Waals surface area contributed by atoms with E-state index >= 15 is 0 Å². The molecule has 0 amide bonds. The van der Waals surface area contributed by atoms with Gasteiger partial charge < -0.3 is 15.3 Å². The average molecular weight is 693 g/mol. The first-order valence-electron chi connectivity index (χ1n) is 22.2. The predicted octanol–water partition coefficient (Wildman–Crippen LogP) is 13.7. The second-order valence-corrected chi connectivity index (χ2v) is 15.7. The first-order chi connectivity index (χ1) is 23.9.